The summed E-state index contributed by atoms with van der Waals surface area (Å²) < 4.78 is 12.2. The summed E-state index contributed by atoms with van der Waals surface area (Å²) in [5, 5.41) is 0. The molecule has 2 nitrogen and oxygen atoms in total. The highest BCUT2D eigenvalue weighted by Gasteiger charge is 2.05. The number of aryl methyl sites for hydroxylation is 2. The van der Waals surface area contributed by atoms with E-state index in [1.807, 2.05) is 43.3 Å². The maximum atomic E-state index is 12.2. The first-order chi connectivity index (χ1) is 9.16. The fourth-order valence-corrected chi connectivity index (χ4v) is 3.13. The van der Waals surface area contributed by atoms with Crippen LogP contribution in [0, 0.1) is 6.92 Å². The van der Waals surface area contributed by atoms with Crippen molar-refractivity contribution in [3.63, 3.8) is 0 Å². The standard InChI is InChI=1S/C16H19NOS/c1-13-12-15(9-10-16(13)17)19(18)11-5-8-14-6-3-2-4-7-14/h2-4,6-7,9-10,12H,5,8,11,17H2,1H3. The van der Waals surface area contributed by atoms with E-state index < -0.39 is 10.8 Å². The van der Waals surface area contributed by atoms with Crippen LogP contribution in [0.25, 0.3) is 0 Å². The van der Waals surface area contributed by atoms with Crippen molar-refractivity contribution in [3.05, 3.63) is 59.7 Å². The molecule has 0 spiro atoms. The van der Waals surface area contributed by atoms with Crippen LogP contribution in [-0.4, -0.2) is 9.96 Å². The van der Waals surface area contributed by atoms with Gasteiger partial charge in [0.25, 0.3) is 0 Å². The Kier molecular flexibility index (Phi) is 4.74. The van der Waals surface area contributed by atoms with Gasteiger partial charge in [-0.3, -0.25) is 4.21 Å². The lowest BCUT2D eigenvalue weighted by Crippen LogP contribution is -2.01. The number of rotatable bonds is 5. The first kappa shape index (κ1) is 13.8. The molecule has 0 aliphatic rings. The van der Waals surface area contributed by atoms with Gasteiger partial charge in [-0.1, -0.05) is 30.3 Å². The molecule has 3 heteroatoms. The van der Waals surface area contributed by atoms with E-state index >= 15 is 0 Å². The zero-order valence-electron chi connectivity index (χ0n) is 11.1. The predicted octanol–water partition coefficient (Wildman–Crippen LogP) is 3.32. The average molecular weight is 273 g/mol. The first-order valence-electron chi connectivity index (χ1n) is 6.45. The molecule has 0 fully saturated rings. The fraction of sp³-hybridized carbons (Fsp3) is 0.250. The number of nitrogen functional groups attached to an aromatic ring is 1. The van der Waals surface area contributed by atoms with Gasteiger partial charge in [0.1, 0.15) is 0 Å². The number of hydrogen-bond acceptors (Lipinski definition) is 2. The zero-order chi connectivity index (χ0) is 13.7. The summed E-state index contributed by atoms with van der Waals surface area (Å²) in [6.07, 6.45) is 1.90. The van der Waals surface area contributed by atoms with Gasteiger partial charge in [0, 0.05) is 16.3 Å². The molecule has 1 unspecified atom stereocenters. The molecule has 0 aromatic heterocycles. The van der Waals surface area contributed by atoms with Gasteiger partial charge in [-0.05, 0) is 49.1 Å². The Labute approximate surface area is 117 Å². The van der Waals surface area contributed by atoms with Crippen molar-refractivity contribution in [1.29, 1.82) is 0 Å². The van der Waals surface area contributed by atoms with Crippen LogP contribution in [0.15, 0.2) is 53.4 Å². The second-order valence-corrected chi connectivity index (χ2v) is 6.23. The molecule has 2 aromatic carbocycles. The molecular weight excluding hydrogens is 254 g/mol. The third-order valence-electron chi connectivity index (χ3n) is 3.14. The third-order valence-corrected chi connectivity index (χ3v) is 4.58. The minimum absolute atomic E-state index is 0.693. The molecule has 0 aliphatic carbocycles. The summed E-state index contributed by atoms with van der Waals surface area (Å²) in [7, 11) is -0.931. The Morgan fingerprint density at radius 2 is 1.84 bits per heavy atom. The number of benzene rings is 2. The van der Waals surface area contributed by atoms with Gasteiger partial charge in [-0.2, -0.15) is 0 Å². The van der Waals surface area contributed by atoms with Gasteiger partial charge in [0.2, 0.25) is 0 Å². The van der Waals surface area contributed by atoms with Crippen LogP contribution >= 0.6 is 0 Å². The van der Waals surface area contributed by atoms with Gasteiger partial charge in [-0.15, -0.1) is 0 Å². The van der Waals surface area contributed by atoms with Gasteiger partial charge in [0.15, 0.2) is 0 Å². The van der Waals surface area contributed by atoms with Crippen molar-refractivity contribution in [3.8, 4) is 0 Å². The van der Waals surface area contributed by atoms with Crippen LogP contribution in [0.3, 0.4) is 0 Å². The smallest absolute Gasteiger partial charge is 0.0529 e. The minimum Gasteiger partial charge on any atom is -0.399 e. The van der Waals surface area contributed by atoms with Crippen LogP contribution in [0.2, 0.25) is 0 Å². The minimum atomic E-state index is -0.931. The summed E-state index contributed by atoms with van der Waals surface area (Å²) in [6, 6.07) is 15.9. The highest BCUT2D eigenvalue weighted by molar-refractivity contribution is 7.85. The van der Waals surface area contributed by atoms with Crippen molar-refractivity contribution in [2.45, 2.75) is 24.7 Å². The highest BCUT2D eigenvalue weighted by Crippen LogP contribution is 2.16. The van der Waals surface area contributed by atoms with Crippen molar-refractivity contribution >= 4 is 16.5 Å². The molecule has 2 rings (SSSR count). The van der Waals surface area contributed by atoms with Crippen LogP contribution in [-0.2, 0) is 17.2 Å². The van der Waals surface area contributed by atoms with Crippen molar-refractivity contribution < 1.29 is 4.21 Å². The average Bonchev–Trinajstić information content (AvgIpc) is 2.43. The Balaban J connectivity index is 1.89. The largest absolute Gasteiger partial charge is 0.399 e. The van der Waals surface area contributed by atoms with E-state index in [0.29, 0.717) is 5.75 Å². The van der Waals surface area contributed by atoms with Crippen LogP contribution in [0.5, 0.6) is 0 Å². The van der Waals surface area contributed by atoms with E-state index in [4.69, 9.17) is 5.73 Å². The fourth-order valence-electron chi connectivity index (χ4n) is 1.96. The van der Waals surface area contributed by atoms with Gasteiger partial charge in [-0.25, -0.2) is 0 Å². The van der Waals surface area contributed by atoms with Crippen LogP contribution in [0.4, 0.5) is 5.69 Å². The van der Waals surface area contributed by atoms with E-state index in [1.165, 1.54) is 5.56 Å². The molecule has 2 aromatic rings. The Morgan fingerprint density at radius 3 is 2.53 bits per heavy atom. The van der Waals surface area contributed by atoms with Crippen molar-refractivity contribution in [2.75, 3.05) is 11.5 Å². The second-order valence-electron chi connectivity index (χ2n) is 4.66. The molecule has 0 saturated carbocycles. The molecule has 0 saturated heterocycles. The summed E-state index contributed by atoms with van der Waals surface area (Å²) in [4.78, 5) is 0.875. The number of hydrogen-bond donors (Lipinski definition) is 1. The lowest BCUT2D eigenvalue weighted by atomic mass is 10.1. The molecule has 2 N–H and O–H groups in total. The molecule has 0 aliphatic heterocycles. The summed E-state index contributed by atoms with van der Waals surface area (Å²) in [6.45, 7) is 1.94. The van der Waals surface area contributed by atoms with Gasteiger partial charge < -0.3 is 5.73 Å². The predicted molar refractivity (Wildman–Crippen MR) is 81.6 cm³/mol. The van der Waals surface area contributed by atoms with E-state index in [2.05, 4.69) is 12.1 Å². The maximum Gasteiger partial charge on any atom is 0.0529 e. The molecule has 19 heavy (non-hydrogen) atoms. The highest BCUT2D eigenvalue weighted by atomic mass is 32.2. The quantitative estimate of drug-likeness (QED) is 0.849. The monoisotopic (exact) mass is 273 g/mol. The topological polar surface area (TPSA) is 43.1 Å². The summed E-state index contributed by atoms with van der Waals surface area (Å²) in [5.41, 5.74) is 8.81. The van der Waals surface area contributed by atoms with Crippen molar-refractivity contribution in [2.24, 2.45) is 0 Å². The Hall–Kier alpha value is -1.61. The van der Waals surface area contributed by atoms with Gasteiger partial charge >= 0.3 is 0 Å². The maximum absolute atomic E-state index is 12.2. The van der Waals surface area contributed by atoms with Gasteiger partial charge in [0.05, 0.1) is 10.8 Å². The second kappa shape index (κ2) is 6.53. The molecule has 0 amide bonds. The SMILES string of the molecule is Cc1cc(S(=O)CCCc2ccccc2)ccc1N. The van der Waals surface area contributed by atoms with E-state index in [1.54, 1.807) is 0 Å². The first-order valence-corrected chi connectivity index (χ1v) is 7.77. The summed E-state index contributed by atoms with van der Waals surface area (Å²) in [5.74, 6) is 0.693. The molecule has 1 atom stereocenters. The molecule has 100 valence electrons. The zero-order valence-corrected chi connectivity index (χ0v) is 12.0. The molecule has 0 heterocycles. The Morgan fingerprint density at radius 1 is 1.11 bits per heavy atom. The number of anilines is 1. The van der Waals surface area contributed by atoms with E-state index in [9.17, 15) is 4.21 Å². The normalized spacial score (nSPS) is 12.3. The lowest BCUT2D eigenvalue weighted by Gasteiger charge is -2.05. The van der Waals surface area contributed by atoms with Crippen LogP contribution < -0.4 is 5.73 Å². The van der Waals surface area contributed by atoms with Crippen LogP contribution in [0.1, 0.15) is 17.5 Å². The molecule has 0 radical (unpaired) electrons. The summed E-state index contributed by atoms with van der Waals surface area (Å²) >= 11 is 0. The Bertz CT molecular complexity index is 566. The number of nitrogens with two attached hydrogens (primary N) is 1. The van der Waals surface area contributed by atoms with E-state index in [-0.39, 0.29) is 0 Å². The van der Waals surface area contributed by atoms with E-state index in [0.717, 1.165) is 29.0 Å². The molecular formula is C16H19NOS. The van der Waals surface area contributed by atoms with Crippen molar-refractivity contribution in [1.82, 2.24) is 0 Å². The third kappa shape index (κ3) is 3.93. The lowest BCUT2D eigenvalue weighted by molar-refractivity contribution is 0.680. The molecule has 0 bridgehead atoms.